The first kappa shape index (κ1) is 15.7. The fourth-order valence-electron chi connectivity index (χ4n) is 3.71. The monoisotopic (exact) mass is 336 g/mol. The predicted molar refractivity (Wildman–Crippen MR) is 95.8 cm³/mol. The van der Waals surface area contributed by atoms with Gasteiger partial charge in [-0.3, -0.25) is 9.69 Å². The van der Waals surface area contributed by atoms with Crippen molar-refractivity contribution in [1.82, 2.24) is 9.88 Å². The topological polar surface area (TPSA) is 65.6 Å². The average Bonchev–Trinajstić information content (AvgIpc) is 2.99. The number of carboxylic acid groups (broad SMARTS) is 1. The molecule has 2 heterocycles. The number of rotatable bonds is 4. The number of H-pyrrole nitrogens is 1. The zero-order valence-electron chi connectivity index (χ0n) is 14.0. The molecule has 25 heavy (non-hydrogen) atoms. The zero-order chi connectivity index (χ0) is 17.4. The number of aromatic amines is 1. The quantitative estimate of drug-likeness (QED) is 0.767. The Bertz CT molecular complexity index is 917. The molecule has 2 N–H and O–H groups in total. The molecule has 0 saturated heterocycles. The van der Waals surface area contributed by atoms with E-state index < -0.39 is 12.0 Å². The van der Waals surface area contributed by atoms with Crippen LogP contribution in [0.1, 0.15) is 22.9 Å². The molecular formula is C20H20N2O3. The van der Waals surface area contributed by atoms with Gasteiger partial charge in [-0.25, -0.2) is 0 Å². The van der Waals surface area contributed by atoms with Crippen LogP contribution in [0.5, 0.6) is 5.75 Å². The van der Waals surface area contributed by atoms with Crippen LogP contribution in [-0.2, 0) is 17.8 Å². The van der Waals surface area contributed by atoms with Crippen LogP contribution >= 0.6 is 0 Å². The van der Waals surface area contributed by atoms with Gasteiger partial charge in [-0.2, -0.15) is 0 Å². The second-order valence-electron chi connectivity index (χ2n) is 6.38. The van der Waals surface area contributed by atoms with Gasteiger partial charge in [0.2, 0.25) is 0 Å². The number of benzene rings is 2. The first-order valence-corrected chi connectivity index (χ1v) is 8.36. The van der Waals surface area contributed by atoms with Crippen LogP contribution in [0, 0.1) is 0 Å². The van der Waals surface area contributed by atoms with Gasteiger partial charge in [-0.15, -0.1) is 0 Å². The largest absolute Gasteiger partial charge is 0.497 e. The summed E-state index contributed by atoms with van der Waals surface area (Å²) in [6, 6.07) is 15.2. The highest BCUT2D eigenvalue weighted by atomic mass is 16.5. The van der Waals surface area contributed by atoms with E-state index in [-0.39, 0.29) is 0 Å². The summed E-state index contributed by atoms with van der Waals surface area (Å²) in [4.78, 5) is 17.4. The molecule has 3 aromatic rings. The lowest BCUT2D eigenvalue weighted by Crippen LogP contribution is -2.39. The van der Waals surface area contributed by atoms with Gasteiger partial charge in [0, 0.05) is 29.7 Å². The number of aliphatic carboxylic acids is 1. The number of ether oxygens (including phenoxy) is 1. The van der Waals surface area contributed by atoms with E-state index in [1.807, 2.05) is 53.4 Å². The summed E-state index contributed by atoms with van der Waals surface area (Å²) in [6.45, 7) is 1.33. The predicted octanol–water partition coefficient (Wildman–Crippen LogP) is 3.36. The van der Waals surface area contributed by atoms with Gasteiger partial charge in [0.15, 0.2) is 0 Å². The number of nitrogens with zero attached hydrogens (tertiary/aromatic N) is 1. The van der Waals surface area contributed by atoms with Crippen LogP contribution in [0.15, 0.2) is 48.5 Å². The van der Waals surface area contributed by atoms with Crippen LogP contribution < -0.4 is 4.74 Å². The Balaban J connectivity index is 1.75. The van der Waals surface area contributed by atoms with E-state index in [4.69, 9.17) is 4.74 Å². The smallest absolute Gasteiger partial charge is 0.327 e. The minimum atomic E-state index is -0.824. The van der Waals surface area contributed by atoms with Gasteiger partial charge in [0.05, 0.1) is 7.11 Å². The number of aromatic nitrogens is 1. The molecule has 1 unspecified atom stereocenters. The van der Waals surface area contributed by atoms with Crippen molar-refractivity contribution in [3.63, 3.8) is 0 Å². The second kappa shape index (κ2) is 6.26. The Hall–Kier alpha value is -2.79. The molecule has 1 aliphatic heterocycles. The molecule has 4 rings (SSSR count). The van der Waals surface area contributed by atoms with E-state index in [0.29, 0.717) is 13.1 Å². The Morgan fingerprint density at radius 2 is 2.08 bits per heavy atom. The van der Waals surface area contributed by atoms with Crippen LogP contribution in [0.2, 0.25) is 0 Å². The van der Waals surface area contributed by atoms with Crippen molar-refractivity contribution < 1.29 is 14.6 Å². The molecule has 0 fully saturated rings. The van der Waals surface area contributed by atoms with E-state index in [2.05, 4.69) is 4.98 Å². The minimum Gasteiger partial charge on any atom is -0.497 e. The van der Waals surface area contributed by atoms with Crippen molar-refractivity contribution in [2.75, 3.05) is 13.7 Å². The van der Waals surface area contributed by atoms with Crippen LogP contribution in [0.4, 0.5) is 0 Å². The molecule has 0 radical (unpaired) electrons. The maximum atomic E-state index is 12.0. The van der Waals surface area contributed by atoms with Gasteiger partial charge in [-0.1, -0.05) is 30.3 Å². The zero-order valence-corrected chi connectivity index (χ0v) is 14.0. The summed E-state index contributed by atoms with van der Waals surface area (Å²) in [5, 5.41) is 10.9. The highest BCUT2D eigenvalue weighted by molar-refractivity contribution is 5.89. The molecule has 0 saturated carbocycles. The van der Waals surface area contributed by atoms with Crippen molar-refractivity contribution in [2.45, 2.75) is 19.0 Å². The Labute approximate surface area is 145 Å². The summed E-state index contributed by atoms with van der Waals surface area (Å²) in [5.74, 6) is -0.0386. The van der Waals surface area contributed by atoms with Gasteiger partial charge >= 0.3 is 5.97 Å². The molecule has 1 aliphatic rings. The van der Waals surface area contributed by atoms with Crippen molar-refractivity contribution >= 4 is 16.9 Å². The maximum absolute atomic E-state index is 12.0. The first-order chi connectivity index (χ1) is 12.2. The number of carbonyl (C=O) groups is 1. The molecule has 0 bridgehead atoms. The van der Waals surface area contributed by atoms with Gasteiger partial charge in [0.25, 0.3) is 0 Å². The van der Waals surface area contributed by atoms with E-state index in [9.17, 15) is 9.90 Å². The molecule has 0 spiro atoms. The highest BCUT2D eigenvalue weighted by Gasteiger charge is 2.35. The second-order valence-corrected chi connectivity index (χ2v) is 6.38. The lowest BCUT2D eigenvalue weighted by molar-refractivity contribution is -0.144. The molecule has 1 aromatic heterocycles. The number of methoxy groups -OCH3 is 1. The molecular weight excluding hydrogens is 316 g/mol. The Morgan fingerprint density at radius 3 is 2.80 bits per heavy atom. The lowest BCUT2D eigenvalue weighted by Gasteiger charge is -2.33. The first-order valence-electron chi connectivity index (χ1n) is 8.36. The van der Waals surface area contributed by atoms with E-state index in [1.165, 1.54) is 0 Å². The van der Waals surface area contributed by atoms with Crippen LogP contribution in [0.3, 0.4) is 0 Å². The van der Waals surface area contributed by atoms with E-state index in [1.54, 1.807) is 7.11 Å². The number of fused-ring (bicyclic) bond motifs is 3. The van der Waals surface area contributed by atoms with Crippen molar-refractivity contribution in [3.8, 4) is 5.75 Å². The summed E-state index contributed by atoms with van der Waals surface area (Å²) in [6.07, 6.45) is 0.819. The molecule has 5 nitrogen and oxygen atoms in total. The third kappa shape index (κ3) is 2.76. The fourth-order valence-corrected chi connectivity index (χ4v) is 3.71. The summed E-state index contributed by atoms with van der Waals surface area (Å²) in [5.41, 5.74) is 3.96. The third-order valence-electron chi connectivity index (χ3n) is 4.90. The van der Waals surface area contributed by atoms with Gasteiger partial charge in [-0.05, 0) is 35.7 Å². The number of hydrogen-bond donors (Lipinski definition) is 2. The lowest BCUT2D eigenvalue weighted by atomic mass is 9.96. The standard InChI is InChI=1S/C20H20N2O3/c1-25-14-7-8-17-16(11-14)15-9-10-22(12-13-5-3-2-4-6-13)19(20(23)24)18(15)21-17/h2-8,11,19,21H,9-10,12H2,1H3,(H,23,24). The van der Waals surface area contributed by atoms with Gasteiger partial charge in [0.1, 0.15) is 11.8 Å². The summed E-state index contributed by atoms with van der Waals surface area (Å²) < 4.78 is 5.32. The summed E-state index contributed by atoms with van der Waals surface area (Å²) in [7, 11) is 1.64. The molecule has 5 heteroatoms. The van der Waals surface area contributed by atoms with E-state index in [0.717, 1.165) is 39.9 Å². The summed E-state index contributed by atoms with van der Waals surface area (Å²) >= 11 is 0. The Kier molecular flexibility index (Phi) is 3.93. The van der Waals surface area contributed by atoms with E-state index >= 15 is 0 Å². The normalized spacial score (nSPS) is 17.4. The third-order valence-corrected chi connectivity index (χ3v) is 4.90. The van der Waals surface area contributed by atoms with Gasteiger partial charge < -0.3 is 14.8 Å². The molecule has 0 amide bonds. The van der Waals surface area contributed by atoms with Crippen molar-refractivity contribution in [1.29, 1.82) is 0 Å². The molecule has 2 aromatic carbocycles. The van der Waals surface area contributed by atoms with Crippen molar-refractivity contribution in [3.05, 3.63) is 65.4 Å². The highest BCUT2D eigenvalue weighted by Crippen LogP contribution is 2.36. The van der Waals surface area contributed by atoms with Crippen LogP contribution in [0.25, 0.3) is 10.9 Å². The minimum absolute atomic E-state index is 0.621. The SMILES string of the molecule is COc1ccc2[nH]c3c(c2c1)CCN(Cc1ccccc1)C3C(=O)O. The Morgan fingerprint density at radius 1 is 1.28 bits per heavy atom. The molecule has 0 aliphatic carbocycles. The van der Waals surface area contributed by atoms with Crippen LogP contribution in [-0.4, -0.2) is 34.6 Å². The number of carboxylic acids is 1. The number of nitrogens with one attached hydrogen (secondary N) is 1. The average molecular weight is 336 g/mol. The molecule has 128 valence electrons. The fraction of sp³-hybridized carbons (Fsp3) is 0.250. The molecule has 1 atom stereocenters. The maximum Gasteiger partial charge on any atom is 0.327 e. The number of hydrogen-bond acceptors (Lipinski definition) is 3. The van der Waals surface area contributed by atoms with Crippen molar-refractivity contribution in [2.24, 2.45) is 0 Å².